The number of hydrogen-bond acceptors (Lipinski definition) is 6. The van der Waals surface area contributed by atoms with Crippen molar-refractivity contribution in [1.29, 1.82) is 0 Å². The molecular weight excluding hydrogens is 378 g/mol. The van der Waals surface area contributed by atoms with Gasteiger partial charge >= 0.3 is 0 Å². The molecule has 0 amide bonds. The molecular formula is C21H25NO5S. The molecule has 2 aromatic rings. The summed E-state index contributed by atoms with van der Waals surface area (Å²) in [6.07, 6.45) is 4.47. The Morgan fingerprint density at radius 1 is 1.11 bits per heavy atom. The molecule has 0 bridgehead atoms. The zero-order chi connectivity index (χ0) is 19.7. The van der Waals surface area contributed by atoms with Crippen molar-refractivity contribution in [3.8, 4) is 22.6 Å². The third-order valence-electron chi connectivity index (χ3n) is 5.53. The van der Waals surface area contributed by atoms with E-state index < -0.39 is 9.84 Å². The van der Waals surface area contributed by atoms with Gasteiger partial charge in [-0.3, -0.25) is 4.90 Å². The molecule has 1 saturated heterocycles. The molecule has 0 radical (unpaired) electrons. The van der Waals surface area contributed by atoms with Crippen LogP contribution >= 0.6 is 0 Å². The van der Waals surface area contributed by atoms with Crippen molar-refractivity contribution in [2.45, 2.75) is 36.7 Å². The van der Waals surface area contributed by atoms with Gasteiger partial charge in [-0.1, -0.05) is 18.6 Å². The molecule has 2 aliphatic heterocycles. The zero-order valence-electron chi connectivity index (χ0n) is 15.9. The number of likely N-dealkylation sites (tertiary alicyclic amines) is 1. The minimum atomic E-state index is -3.24. The number of nitrogens with zero attached hydrogens (tertiary/aromatic N) is 1. The lowest BCUT2D eigenvalue weighted by Crippen LogP contribution is -2.41. The predicted octanol–water partition coefficient (Wildman–Crippen LogP) is 2.83. The lowest BCUT2D eigenvalue weighted by Gasteiger charge is -2.35. The molecule has 6 nitrogen and oxygen atoms in total. The van der Waals surface area contributed by atoms with E-state index in [-0.39, 0.29) is 19.4 Å². The summed E-state index contributed by atoms with van der Waals surface area (Å²) in [7, 11) is -3.24. The van der Waals surface area contributed by atoms with Crippen LogP contribution in [0.3, 0.4) is 0 Å². The molecule has 4 rings (SSSR count). The molecule has 7 heteroatoms. The van der Waals surface area contributed by atoms with Crippen molar-refractivity contribution in [2.75, 3.05) is 26.2 Å². The highest BCUT2D eigenvalue weighted by atomic mass is 32.2. The van der Waals surface area contributed by atoms with E-state index in [2.05, 4.69) is 4.90 Å². The van der Waals surface area contributed by atoms with Crippen LogP contribution in [0.1, 0.15) is 24.8 Å². The molecule has 28 heavy (non-hydrogen) atoms. The van der Waals surface area contributed by atoms with Crippen LogP contribution in [0.5, 0.6) is 11.5 Å². The molecule has 2 aliphatic rings. The van der Waals surface area contributed by atoms with Crippen molar-refractivity contribution in [3.63, 3.8) is 0 Å². The van der Waals surface area contributed by atoms with Gasteiger partial charge in [0, 0.05) is 18.8 Å². The Hall–Kier alpha value is -2.09. The van der Waals surface area contributed by atoms with Gasteiger partial charge in [-0.2, -0.15) is 0 Å². The lowest BCUT2D eigenvalue weighted by atomic mass is 9.96. The SMILES string of the molecule is CS(=O)(=O)c1ccc(-c2cc3c(cc2CN2CCCCC2CO)OCO3)cc1. The van der Waals surface area contributed by atoms with Crippen LogP contribution in [-0.4, -0.2) is 50.7 Å². The fourth-order valence-corrected chi connectivity index (χ4v) is 4.59. The maximum Gasteiger partial charge on any atom is 0.231 e. The molecule has 0 aromatic heterocycles. The normalized spacial score (nSPS) is 19.7. The number of piperidine rings is 1. The van der Waals surface area contributed by atoms with Gasteiger partial charge in [0.1, 0.15) is 0 Å². The maximum absolute atomic E-state index is 11.8. The first-order valence-electron chi connectivity index (χ1n) is 9.53. The molecule has 1 N–H and O–H groups in total. The van der Waals surface area contributed by atoms with E-state index in [1.54, 1.807) is 12.1 Å². The Morgan fingerprint density at radius 2 is 1.82 bits per heavy atom. The highest BCUT2D eigenvalue weighted by Gasteiger charge is 2.25. The van der Waals surface area contributed by atoms with E-state index >= 15 is 0 Å². The average molecular weight is 404 g/mol. The number of benzene rings is 2. The molecule has 1 fully saturated rings. The number of aliphatic hydroxyl groups is 1. The molecule has 2 heterocycles. The van der Waals surface area contributed by atoms with Crippen LogP contribution in [0, 0.1) is 0 Å². The third-order valence-corrected chi connectivity index (χ3v) is 6.65. The summed E-state index contributed by atoms with van der Waals surface area (Å²) < 4.78 is 34.7. The second-order valence-corrected chi connectivity index (χ2v) is 9.48. The van der Waals surface area contributed by atoms with Crippen molar-refractivity contribution < 1.29 is 23.0 Å². The first kappa shape index (κ1) is 19.2. The van der Waals surface area contributed by atoms with Gasteiger partial charge in [0.2, 0.25) is 6.79 Å². The number of hydrogen-bond donors (Lipinski definition) is 1. The van der Waals surface area contributed by atoms with Crippen molar-refractivity contribution in [2.24, 2.45) is 0 Å². The quantitative estimate of drug-likeness (QED) is 0.827. The third kappa shape index (κ3) is 3.87. The summed E-state index contributed by atoms with van der Waals surface area (Å²) in [5.74, 6) is 1.42. The highest BCUT2D eigenvalue weighted by molar-refractivity contribution is 7.90. The van der Waals surface area contributed by atoms with E-state index in [4.69, 9.17) is 9.47 Å². The smallest absolute Gasteiger partial charge is 0.231 e. The molecule has 0 aliphatic carbocycles. The van der Waals surface area contributed by atoms with E-state index in [9.17, 15) is 13.5 Å². The summed E-state index contributed by atoms with van der Waals surface area (Å²) in [5, 5.41) is 9.74. The number of sulfone groups is 1. The summed E-state index contributed by atoms with van der Waals surface area (Å²) >= 11 is 0. The summed E-state index contributed by atoms with van der Waals surface area (Å²) in [5.41, 5.74) is 3.00. The van der Waals surface area contributed by atoms with Crippen molar-refractivity contribution in [1.82, 2.24) is 4.90 Å². The van der Waals surface area contributed by atoms with Crippen molar-refractivity contribution >= 4 is 9.84 Å². The molecule has 1 atom stereocenters. The number of fused-ring (bicyclic) bond motifs is 1. The second-order valence-electron chi connectivity index (χ2n) is 7.46. The molecule has 2 aromatic carbocycles. The monoisotopic (exact) mass is 403 g/mol. The first-order valence-corrected chi connectivity index (χ1v) is 11.4. The van der Waals surface area contributed by atoms with E-state index in [0.717, 1.165) is 48.2 Å². The Labute approximate surface area is 165 Å². The van der Waals surface area contributed by atoms with Gasteiger partial charge in [0.05, 0.1) is 11.5 Å². The number of rotatable bonds is 5. The Balaban J connectivity index is 1.72. The summed E-state index contributed by atoms with van der Waals surface area (Å²) in [6, 6.07) is 11.1. The van der Waals surface area contributed by atoms with Gasteiger partial charge in [0.25, 0.3) is 0 Å². The van der Waals surface area contributed by atoms with Gasteiger partial charge in [-0.05, 0) is 60.3 Å². The topological polar surface area (TPSA) is 76.1 Å². The first-order chi connectivity index (χ1) is 13.5. The van der Waals surface area contributed by atoms with E-state index in [0.29, 0.717) is 17.2 Å². The predicted molar refractivity (Wildman–Crippen MR) is 106 cm³/mol. The van der Waals surface area contributed by atoms with Gasteiger partial charge in [-0.15, -0.1) is 0 Å². The highest BCUT2D eigenvalue weighted by Crippen LogP contribution is 2.40. The van der Waals surface area contributed by atoms with Crippen molar-refractivity contribution in [3.05, 3.63) is 42.0 Å². The Kier molecular flexibility index (Phi) is 5.31. The number of aliphatic hydroxyl groups excluding tert-OH is 1. The molecule has 150 valence electrons. The second kappa shape index (κ2) is 7.73. The van der Waals surface area contributed by atoms with Crippen LogP contribution in [-0.2, 0) is 16.4 Å². The van der Waals surface area contributed by atoms with E-state index in [1.165, 1.54) is 6.26 Å². The number of ether oxygens (including phenoxy) is 2. The van der Waals surface area contributed by atoms with Gasteiger partial charge in [0.15, 0.2) is 21.3 Å². The van der Waals surface area contributed by atoms with Crippen LogP contribution in [0.4, 0.5) is 0 Å². The van der Waals surface area contributed by atoms with Crippen LogP contribution in [0.25, 0.3) is 11.1 Å². The van der Waals surface area contributed by atoms with Crippen LogP contribution in [0.15, 0.2) is 41.3 Å². The minimum absolute atomic E-state index is 0.156. The molecule has 0 spiro atoms. The Bertz CT molecular complexity index is 956. The van der Waals surface area contributed by atoms with Crippen LogP contribution < -0.4 is 9.47 Å². The fourth-order valence-electron chi connectivity index (χ4n) is 3.96. The zero-order valence-corrected chi connectivity index (χ0v) is 16.7. The minimum Gasteiger partial charge on any atom is -0.454 e. The largest absolute Gasteiger partial charge is 0.454 e. The molecule has 1 unspecified atom stereocenters. The maximum atomic E-state index is 11.8. The summed E-state index contributed by atoms with van der Waals surface area (Å²) in [4.78, 5) is 2.62. The van der Waals surface area contributed by atoms with Gasteiger partial charge in [-0.25, -0.2) is 8.42 Å². The van der Waals surface area contributed by atoms with Gasteiger partial charge < -0.3 is 14.6 Å². The Morgan fingerprint density at radius 3 is 2.50 bits per heavy atom. The van der Waals surface area contributed by atoms with E-state index in [1.807, 2.05) is 24.3 Å². The fraction of sp³-hybridized carbons (Fsp3) is 0.429. The van der Waals surface area contributed by atoms with Crippen LogP contribution in [0.2, 0.25) is 0 Å². The molecule has 0 saturated carbocycles. The standard InChI is InChI=1S/C21H25NO5S/c1-28(24,25)18-7-5-15(6-8-18)19-11-21-20(26-14-27-21)10-16(19)12-22-9-3-2-4-17(22)13-23/h5-8,10-11,17,23H,2-4,9,12-14H2,1H3. The summed E-state index contributed by atoms with van der Waals surface area (Å²) in [6.45, 7) is 2.01. The lowest BCUT2D eigenvalue weighted by molar-refractivity contribution is 0.0842. The average Bonchev–Trinajstić information content (AvgIpc) is 3.14.